The van der Waals surface area contributed by atoms with Crippen molar-refractivity contribution in [3.05, 3.63) is 24.0 Å². The Morgan fingerprint density at radius 3 is 1.61 bits per heavy atom. The summed E-state index contributed by atoms with van der Waals surface area (Å²) < 4.78 is 10.5. The van der Waals surface area contributed by atoms with Gasteiger partial charge in [-0.25, -0.2) is 4.79 Å². The molecule has 0 aromatic heterocycles. The summed E-state index contributed by atoms with van der Waals surface area (Å²) in [5, 5.41) is 0. The summed E-state index contributed by atoms with van der Waals surface area (Å²) in [5.41, 5.74) is 0.619. The summed E-state index contributed by atoms with van der Waals surface area (Å²) in [5.74, 6) is 0.127. The summed E-state index contributed by atoms with van der Waals surface area (Å²) in [4.78, 5) is 11.7. The Hall–Kier alpha value is -1.09. The van der Waals surface area contributed by atoms with E-state index < -0.39 is 0 Å². The highest BCUT2D eigenvalue weighted by molar-refractivity contribution is 5.93. The Morgan fingerprint density at radius 2 is 1.25 bits per heavy atom. The first-order valence-electron chi connectivity index (χ1n) is 11.8. The minimum absolute atomic E-state index is 0.154. The molecule has 0 radical (unpaired) electrons. The van der Waals surface area contributed by atoms with Gasteiger partial charge in [-0.15, -0.1) is 0 Å². The third kappa shape index (κ3) is 11.7. The van der Waals surface area contributed by atoms with Crippen molar-refractivity contribution in [2.75, 3.05) is 7.11 Å². The van der Waals surface area contributed by atoms with Crippen LogP contribution in [0.25, 0.3) is 0 Å². The van der Waals surface area contributed by atoms with Gasteiger partial charge in [-0.2, -0.15) is 0 Å². The number of rotatable bonds is 19. The molecule has 162 valence electrons. The molecule has 0 aromatic carbocycles. The highest BCUT2D eigenvalue weighted by atomic mass is 16.5. The van der Waals surface area contributed by atoms with Gasteiger partial charge in [-0.05, 0) is 12.5 Å². The van der Waals surface area contributed by atoms with Crippen LogP contribution >= 0.6 is 0 Å². The van der Waals surface area contributed by atoms with E-state index in [1.165, 1.54) is 96.3 Å². The minimum atomic E-state index is -0.298. The van der Waals surface area contributed by atoms with Gasteiger partial charge < -0.3 is 9.47 Å². The first-order valence-corrected chi connectivity index (χ1v) is 11.8. The zero-order valence-corrected chi connectivity index (χ0v) is 18.6. The average molecular weight is 393 g/mol. The monoisotopic (exact) mass is 392 g/mol. The molecule has 0 saturated carbocycles. The molecule has 0 N–H and O–H groups in total. The molecule has 1 aliphatic rings. The van der Waals surface area contributed by atoms with Gasteiger partial charge in [0.2, 0.25) is 0 Å². The fourth-order valence-corrected chi connectivity index (χ4v) is 3.94. The molecule has 0 amide bonds. The highest BCUT2D eigenvalue weighted by Crippen LogP contribution is 2.24. The highest BCUT2D eigenvalue weighted by Gasteiger charge is 2.27. The molecule has 1 rings (SSSR count). The van der Waals surface area contributed by atoms with Crippen molar-refractivity contribution in [1.82, 2.24) is 0 Å². The van der Waals surface area contributed by atoms with Gasteiger partial charge in [0, 0.05) is 7.11 Å². The molecule has 3 nitrogen and oxygen atoms in total. The number of carbonyl (C=O) groups excluding carboxylic acids is 1. The van der Waals surface area contributed by atoms with E-state index in [1.807, 2.05) is 0 Å². The Kier molecular flexibility index (Phi) is 15.0. The van der Waals surface area contributed by atoms with E-state index in [4.69, 9.17) is 9.47 Å². The number of cyclic esters (lactones) is 1. The van der Waals surface area contributed by atoms with Gasteiger partial charge in [0.25, 0.3) is 0 Å². The maximum atomic E-state index is 11.7. The minimum Gasteiger partial charge on any atom is -0.424 e. The van der Waals surface area contributed by atoms with Crippen LogP contribution in [0.1, 0.15) is 116 Å². The largest absolute Gasteiger partial charge is 0.424 e. The van der Waals surface area contributed by atoms with Crippen LogP contribution in [0.4, 0.5) is 0 Å². The predicted molar refractivity (Wildman–Crippen MR) is 118 cm³/mol. The molecule has 1 aliphatic heterocycles. The van der Waals surface area contributed by atoms with E-state index in [9.17, 15) is 4.79 Å². The second-order valence-electron chi connectivity index (χ2n) is 8.27. The van der Waals surface area contributed by atoms with E-state index >= 15 is 0 Å². The second kappa shape index (κ2) is 16.8. The Bertz CT molecular complexity index is 453. The number of hydrogen-bond acceptors (Lipinski definition) is 3. The van der Waals surface area contributed by atoms with Crippen LogP contribution in [-0.4, -0.2) is 19.2 Å². The number of ether oxygens (including phenoxy) is 2. The van der Waals surface area contributed by atoms with Crippen LogP contribution in [0, 0.1) is 0 Å². The van der Waals surface area contributed by atoms with Gasteiger partial charge in [-0.1, -0.05) is 116 Å². The van der Waals surface area contributed by atoms with E-state index in [0.717, 1.165) is 12.8 Å². The van der Waals surface area contributed by atoms with Gasteiger partial charge >= 0.3 is 5.97 Å². The van der Waals surface area contributed by atoms with Crippen molar-refractivity contribution in [3.63, 3.8) is 0 Å². The van der Waals surface area contributed by atoms with E-state index in [1.54, 1.807) is 13.2 Å². The predicted octanol–water partition coefficient (Wildman–Crippen LogP) is 7.65. The molecular formula is C25H44O3. The van der Waals surface area contributed by atoms with Crippen LogP contribution in [0.2, 0.25) is 0 Å². The molecule has 1 atom stereocenters. The van der Waals surface area contributed by atoms with Gasteiger partial charge in [0.05, 0.1) is 11.7 Å². The van der Waals surface area contributed by atoms with Crippen molar-refractivity contribution in [2.24, 2.45) is 0 Å². The van der Waals surface area contributed by atoms with E-state index in [2.05, 4.69) is 13.5 Å². The number of methoxy groups -OCH3 is 1. The first kappa shape index (κ1) is 24.9. The topological polar surface area (TPSA) is 35.5 Å². The van der Waals surface area contributed by atoms with Crippen LogP contribution in [0.5, 0.6) is 0 Å². The maximum absolute atomic E-state index is 11.7. The summed E-state index contributed by atoms with van der Waals surface area (Å²) >= 11 is 0. The summed E-state index contributed by atoms with van der Waals surface area (Å²) in [6.07, 6.45) is 24.3. The number of carbonyl (C=O) groups is 1. The molecule has 1 unspecified atom stereocenters. The van der Waals surface area contributed by atoms with Crippen molar-refractivity contribution in [3.8, 4) is 0 Å². The summed E-state index contributed by atoms with van der Waals surface area (Å²) in [6, 6.07) is 0. The molecule has 0 spiro atoms. The number of hydrogen-bond donors (Lipinski definition) is 0. The Balaban J connectivity index is 1.86. The van der Waals surface area contributed by atoms with Crippen LogP contribution in [-0.2, 0) is 14.3 Å². The molecule has 0 saturated heterocycles. The Labute approximate surface area is 174 Å². The summed E-state index contributed by atoms with van der Waals surface area (Å²) in [7, 11) is 1.66. The molecule has 28 heavy (non-hydrogen) atoms. The molecular weight excluding hydrogens is 348 g/mol. The third-order valence-corrected chi connectivity index (χ3v) is 5.73. The molecule has 0 aliphatic carbocycles. The lowest BCUT2D eigenvalue weighted by Gasteiger charge is -2.14. The normalized spacial score (nSPS) is 15.0. The zero-order chi connectivity index (χ0) is 20.5. The molecule has 0 aromatic rings. The average Bonchev–Trinajstić information content (AvgIpc) is 3.02. The lowest BCUT2D eigenvalue weighted by Crippen LogP contribution is -2.18. The van der Waals surface area contributed by atoms with Crippen molar-refractivity contribution in [2.45, 2.75) is 122 Å². The molecule has 0 bridgehead atoms. The zero-order valence-electron chi connectivity index (χ0n) is 18.6. The van der Waals surface area contributed by atoms with Gasteiger partial charge in [0.1, 0.15) is 5.76 Å². The first-order chi connectivity index (χ1) is 13.7. The third-order valence-electron chi connectivity index (χ3n) is 5.73. The second-order valence-corrected chi connectivity index (χ2v) is 8.27. The maximum Gasteiger partial charge on any atom is 0.342 e. The van der Waals surface area contributed by atoms with E-state index in [-0.39, 0.29) is 12.1 Å². The van der Waals surface area contributed by atoms with E-state index in [0.29, 0.717) is 11.3 Å². The van der Waals surface area contributed by atoms with Crippen LogP contribution in [0.15, 0.2) is 24.0 Å². The fraction of sp³-hybridized carbons (Fsp3) is 0.800. The SMILES string of the molecule is C=C1C=C(C(CCCCCCCCCCCCCCCCCC)OC)C(=O)O1. The number of allylic oxidation sites excluding steroid dienone is 1. The number of esters is 1. The molecule has 1 heterocycles. The molecule has 0 fully saturated rings. The smallest absolute Gasteiger partial charge is 0.342 e. The van der Waals surface area contributed by atoms with Gasteiger partial charge in [0.15, 0.2) is 0 Å². The van der Waals surface area contributed by atoms with Crippen molar-refractivity contribution >= 4 is 5.97 Å². The van der Waals surface area contributed by atoms with Crippen molar-refractivity contribution < 1.29 is 14.3 Å². The summed E-state index contributed by atoms with van der Waals surface area (Å²) in [6.45, 7) is 5.96. The van der Waals surface area contributed by atoms with Gasteiger partial charge in [-0.3, -0.25) is 0 Å². The Morgan fingerprint density at radius 1 is 0.821 bits per heavy atom. The van der Waals surface area contributed by atoms with Crippen LogP contribution in [0.3, 0.4) is 0 Å². The lowest BCUT2D eigenvalue weighted by molar-refractivity contribution is -0.134. The lowest BCUT2D eigenvalue weighted by atomic mass is 10.0. The number of unbranched alkanes of at least 4 members (excludes halogenated alkanes) is 15. The van der Waals surface area contributed by atoms with Crippen LogP contribution < -0.4 is 0 Å². The standard InChI is InChI=1S/C25H44O3/c1-4-5-6-7-8-9-10-11-12-13-14-15-16-17-18-19-20-24(27-3)23-21-22(2)28-25(23)26/h21,24H,2,4-20H2,1,3H3. The van der Waals surface area contributed by atoms with Crippen molar-refractivity contribution in [1.29, 1.82) is 0 Å². The molecule has 3 heteroatoms. The fourth-order valence-electron chi connectivity index (χ4n) is 3.94. The quantitative estimate of drug-likeness (QED) is 0.167.